The second-order valence-corrected chi connectivity index (χ2v) is 9.45. The van der Waals surface area contributed by atoms with Gasteiger partial charge < -0.3 is 20.7 Å². The normalized spacial score (nSPS) is 18.2. The van der Waals surface area contributed by atoms with Crippen molar-refractivity contribution in [2.75, 3.05) is 17.2 Å². The number of hydrogen-bond donors (Lipinski definition) is 3. The van der Waals surface area contributed by atoms with E-state index in [9.17, 15) is 4.79 Å². The Bertz CT molecular complexity index is 995. The second kappa shape index (κ2) is 11.0. The molecular formula is C25H34N6O2. The molecule has 2 atom stereocenters. The van der Waals surface area contributed by atoms with E-state index in [0.717, 1.165) is 55.7 Å². The van der Waals surface area contributed by atoms with Gasteiger partial charge in [0.2, 0.25) is 5.95 Å². The number of aromatic nitrogens is 2. The second-order valence-electron chi connectivity index (χ2n) is 9.45. The summed E-state index contributed by atoms with van der Waals surface area (Å²) in [5.74, 6) is 1.54. The molecule has 1 aliphatic rings. The Kier molecular flexibility index (Phi) is 8.10. The summed E-state index contributed by atoms with van der Waals surface area (Å²) in [6.45, 7) is 8.52. The van der Waals surface area contributed by atoms with Gasteiger partial charge in [-0.2, -0.15) is 10.2 Å². The van der Waals surface area contributed by atoms with Crippen molar-refractivity contribution in [2.24, 2.45) is 0 Å². The van der Waals surface area contributed by atoms with E-state index in [1.807, 2.05) is 39.1 Å². The number of ether oxygens (including phenoxy) is 1. The Morgan fingerprint density at radius 2 is 2.12 bits per heavy atom. The third-order valence-corrected chi connectivity index (χ3v) is 5.44. The summed E-state index contributed by atoms with van der Waals surface area (Å²) in [5.41, 5.74) is 1.89. The molecule has 33 heavy (non-hydrogen) atoms. The van der Waals surface area contributed by atoms with Gasteiger partial charge in [-0.15, -0.1) is 0 Å². The van der Waals surface area contributed by atoms with Crippen LogP contribution in [0.25, 0.3) is 0 Å². The molecule has 2 aromatic rings. The van der Waals surface area contributed by atoms with Crippen molar-refractivity contribution in [3.8, 4) is 6.07 Å². The maximum atomic E-state index is 12.2. The Hall–Kier alpha value is -3.34. The van der Waals surface area contributed by atoms with E-state index in [1.54, 1.807) is 12.1 Å². The van der Waals surface area contributed by atoms with Crippen molar-refractivity contribution in [1.82, 2.24) is 15.3 Å². The topological polar surface area (TPSA) is 112 Å². The average Bonchev–Trinajstić information content (AvgIpc) is 2.76. The Balaban J connectivity index is 1.75. The summed E-state index contributed by atoms with van der Waals surface area (Å²) in [6, 6.07) is 9.43. The zero-order valence-corrected chi connectivity index (χ0v) is 19.9. The van der Waals surface area contributed by atoms with Crippen LogP contribution in [0.1, 0.15) is 76.8 Å². The van der Waals surface area contributed by atoms with E-state index < -0.39 is 5.60 Å². The number of rotatable bonds is 7. The summed E-state index contributed by atoms with van der Waals surface area (Å²) < 4.78 is 5.43. The van der Waals surface area contributed by atoms with Gasteiger partial charge in [-0.3, -0.25) is 0 Å². The maximum absolute atomic E-state index is 12.2. The molecule has 8 heteroatoms. The van der Waals surface area contributed by atoms with Gasteiger partial charge in [0.15, 0.2) is 0 Å². The Morgan fingerprint density at radius 3 is 2.85 bits per heavy atom. The molecule has 1 heterocycles. The van der Waals surface area contributed by atoms with Crippen LogP contribution >= 0.6 is 0 Å². The lowest BCUT2D eigenvalue weighted by molar-refractivity contribution is 0.0490. The Morgan fingerprint density at radius 1 is 1.30 bits per heavy atom. The van der Waals surface area contributed by atoms with Crippen molar-refractivity contribution in [3.05, 3.63) is 41.6 Å². The fraction of sp³-hybridized carbons (Fsp3) is 0.520. The highest BCUT2D eigenvalue weighted by molar-refractivity contribution is 5.68. The number of benzene rings is 1. The van der Waals surface area contributed by atoms with Crippen LogP contribution in [0.15, 0.2) is 30.5 Å². The third-order valence-electron chi connectivity index (χ3n) is 5.44. The first-order chi connectivity index (χ1) is 15.8. The molecule has 1 saturated carbocycles. The van der Waals surface area contributed by atoms with E-state index in [-0.39, 0.29) is 18.1 Å². The van der Waals surface area contributed by atoms with Crippen LogP contribution in [0.5, 0.6) is 0 Å². The molecule has 0 bridgehead atoms. The quantitative estimate of drug-likeness (QED) is 0.513. The van der Waals surface area contributed by atoms with E-state index in [1.165, 1.54) is 0 Å². The number of nitrogens with zero attached hydrogens (tertiary/aromatic N) is 3. The maximum Gasteiger partial charge on any atom is 0.407 e. The largest absolute Gasteiger partial charge is 0.444 e. The molecule has 1 aromatic heterocycles. The molecule has 3 N–H and O–H groups in total. The van der Waals surface area contributed by atoms with Crippen LogP contribution in [0.2, 0.25) is 0 Å². The number of alkyl carbamates (subject to hydrolysis) is 1. The highest BCUT2D eigenvalue weighted by Gasteiger charge is 2.28. The zero-order valence-electron chi connectivity index (χ0n) is 19.9. The van der Waals surface area contributed by atoms with Gasteiger partial charge >= 0.3 is 6.09 Å². The molecule has 3 rings (SSSR count). The van der Waals surface area contributed by atoms with E-state index in [0.29, 0.717) is 11.5 Å². The van der Waals surface area contributed by atoms with Crippen LogP contribution in [0, 0.1) is 11.3 Å². The monoisotopic (exact) mass is 450 g/mol. The first-order valence-electron chi connectivity index (χ1n) is 11.6. The van der Waals surface area contributed by atoms with Crippen molar-refractivity contribution in [2.45, 2.75) is 77.4 Å². The highest BCUT2D eigenvalue weighted by Crippen LogP contribution is 2.36. The van der Waals surface area contributed by atoms with Gasteiger partial charge in [-0.25, -0.2) is 9.78 Å². The molecule has 176 valence electrons. The van der Waals surface area contributed by atoms with Gasteiger partial charge in [0.1, 0.15) is 11.4 Å². The summed E-state index contributed by atoms with van der Waals surface area (Å²) >= 11 is 0. The van der Waals surface area contributed by atoms with Gasteiger partial charge in [-0.05, 0) is 70.6 Å². The SMILES string of the molecule is CCCNc1nc(Nc2cccc(C#N)c2)ncc1[C@@H]1CCC[C@H](NC(=O)OC(C)(C)C)C1. The summed E-state index contributed by atoms with van der Waals surface area (Å²) in [7, 11) is 0. The molecule has 0 aliphatic heterocycles. The highest BCUT2D eigenvalue weighted by atomic mass is 16.6. The third kappa shape index (κ3) is 7.35. The summed E-state index contributed by atoms with van der Waals surface area (Å²) in [6.07, 6.45) is 6.27. The molecule has 0 saturated heterocycles. The number of carbonyl (C=O) groups is 1. The van der Waals surface area contributed by atoms with Crippen LogP contribution in [-0.2, 0) is 4.74 Å². The molecule has 0 spiro atoms. The summed E-state index contributed by atoms with van der Waals surface area (Å²) in [5, 5.41) is 18.8. The Labute approximate surface area is 196 Å². The number of hydrogen-bond acceptors (Lipinski definition) is 7. The van der Waals surface area contributed by atoms with Crippen LogP contribution in [0.3, 0.4) is 0 Å². The standard InChI is InChI=1S/C25H34N6O2/c1-5-12-27-22-21(16-28-23(31-22)29-19-10-6-8-17(13-19)15-26)18-9-7-11-20(14-18)30-24(32)33-25(2,3)4/h6,8,10,13,16,18,20H,5,7,9,11-12,14H2,1-4H3,(H,30,32)(H2,27,28,29,31)/t18-,20+/m1/s1. The molecule has 8 nitrogen and oxygen atoms in total. The minimum absolute atomic E-state index is 0.0594. The van der Waals surface area contributed by atoms with Crippen LogP contribution in [0.4, 0.5) is 22.2 Å². The lowest BCUT2D eigenvalue weighted by Crippen LogP contribution is -2.41. The lowest BCUT2D eigenvalue weighted by atomic mass is 9.82. The van der Waals surface area contributed by atoms with Crippen LogP contribution in [-0.4, -0.2) is 34.2 Å². The summed E-state index contributed by atoms with van der Waals surface area (Å²) in [4.78, 5) is 21.5. The molecule has 1 aliphatic carbocycles. The van der Waals surface area contributed by atoms with Gasteiger partial charge in [0.05, 0.1) is 11.6 Å². The number of carbonyl (C=O) groups excluding carboxylic acids is 1. The van der Waals surface area contributed by atoms with Gasteiger partial charge in [-0.1, -0.05) is 19.4 Å². The van der Waals surface area contributed by atoms with Crippen molar-refractivity contribution < 1.29 is 9.53 Å². The molecule has 1 aromatic carbocycles. The predicted molar refractivity (Wildman–Crippen MR) is 130 cm³/mol. The van der Waals surface area contributed by atoms with Crippen molar-refractivity contribution in [3.63, 3.8) is 0 Å². The molecule has 0 unspecified atom stereocenters. The zero-order chi connectivity index (χ0) is 23.8. The van der Waals surface area contributed by atoms with E-state index in [2.05, 4.69) is 33.9 Å². The minimum Gasteiger partial charge on any atom is -0.444 e. The molecular weight excluding hydrogens is 416 g/mol. The molecule has 0 radical (unpaired) electrons. The van der Waals surface area contributed by atoms with Gasteiger partial charge in [0, 0.05) is 30.0 Å². The van der Waals surface area contributed by atoms with Gasteiger partial charge in [0.25, 0.3) is 0 Å². The van der Waals surface area contributed by atoms with Crippen molar-refractivity contribution >= 4 is 23.5 Å². The fourth-order valence-electron chi connectivity index (χ4n) is 4.01. The lowest BCUT2D eigenvalue weighted by Gasteiger charge is -2.31. The number of amides is 1. The number of nitriles is 1. The predicted octanol–water partition coefficient (Wildman–Crippen LogP) is 5.46. The minimum atomic E-state index is -0.515. The fourth-order valence-corrected chi connectivity index (χ4v) is 4.01. The van der Waals surface area contributed by atoms with E-state index >= 15 is 0 Å². The van der Waals surface area contributed by atoms with E-state index in [4.69, 9.17) is 15.0 Å². The number of nitrogens with one attached hydrogen (secondary N) is 3. The first kappa shape index (κ1) is 24.3. The number of anilines is 3. The first-order valence-corrected chi connectivity index (χ1v) is 11.6. The van der Waals surface area contributed by atoms with Crippen LogP contribution < -0.4 is 16.0 Å². The average molecular weight is 451 g/mol. The van der Waals surface area contributed by atoms with Crippen molar-refractivity contribution in [1.29, 1.82) is 5.26 Å². The molecule has 1 amide bonds. The smallest absolute Gasteiger partial charge is 0.407 e. The molecule has 1 fully saturated rings.